The third kappa shape index (κ3) is 2.57. The van der Waals surface area contributed by atoms with Crippen LogP contribution in [0.3, 0.4) is 0 Å². The summed E-state index contributed by atoms with van der Waals surface area (Å²) in [4.78, 5) is 11.8. The number of nitrogens with one attached hydrogen (secondary N) is 1. The fraction of sp³-hybridized carbons (Fsp3) is 0. The first-order valence-electron chi connectivity index (χ1n) is 4.35. The van der Waals surface area contributed by atoms with E-state index in [9.17, 15) is 4.79 Å². The van der Waals surface area contributed by atoms with Crippen LogP contribution in [0.25, 0.3) is 0 Å². The van der Waals surface area contributed by atoms with E-state index in [0.717, 1.165) is 9.26 Å². The van der Waals surface area contributed by atoms with Gasteiger partial charge in [0.05, 0.1) is 11.3 Å². The van der Waals surface area contributed by atoms with E-state index < -0.39 is 0 Å². The van der Waals surface area contributed by atoms with Gasteiger partial charge in [-0.3, -0.25) is 4.79 Å². The molecule has 0 unspecified atom stereocenters. The predicted octanol–water partition coefficient (Wildman–Crippen LogP) is 3.61. The third-order valence-electron chi connectivity index (χ3n) is 1.90. The van der Waals surface area contributed by atoms with Gasteiger partial charge in [0.2, 0.25) is 0 Å². The number of halogens is 1. The molecule has 15 heavy (non-hydrogen) atoms. The fourth-order valence-corrected chi connectivity index (χ4v) is 2.40. The second-order valence-corrected chi connectivity index (χ2v) is 4.89. The molecule has 0 aliphatic heterocycles. The summed E-state index contributed by atoms with van der Waals surface area (Å²) in [5.74, 6) is -0.0570. The van der Waals surface area contributed by atoms with Crippen LogP contribution in [0.5, 0.6) is 0 Å². The molecule has 0 bridgehead atoms. The zero-order valence-electron chi connectivity index (χ0n) is 7.74. The molecule has 0 spiro atoms. The average molecular weight is 329 g/mol. The zero-order chi connectivity index (χ0) is 10.7. The molecule has 1 aromatic heterocycles. The lowest BCUT2D eigenvalue weighted by molar-refractivity contribution is 0.102. The Hall–Kier alpha value is -0.880. The van der Waals surface area contributed by atoms with Gasteiger partial charge in [-0.1, -0.05) is 12.1 Å². The van der Waals surface area contributed by atoms with E-state index in [1.165, 1.54) is 0 Å². The smallest absolute Gasteiger partial charge is 0.256 e. The minimum absolute atomic E-state index is 0.0570. The number of hydrogen-bond donors (Lipinski definition) is 1. The minimum Gasteiger partial charge on any atom is -0.321 e. The highest BCUT2D eigenvalue weighted by molar-refractivity contribution is 14.1. The maximum absolute atomic E-state index is 11.8. The summed E-state index contributed by atoms with van der Waals surface area (Å²) in [6.45, 7) is 0. The largest absolute Gasteiger partial charge is 0.321 e. The molecule has 0 aliphatic rings. The Morgan fingerprint density at radius 2 is 2.07 bits per heavy atom. The first-order valence-corrected chi connectivity index (χ1v) is 6.37. The highest BCUT2D eigenvalue weighted by Crippen LogP contribution is 2.16. The minimum atomic E-state index is -0.0570. The average Bonchev–Trinajstić information content (AvgIpc) is 2.71. The van der Waals surface area contributed by atoms with Gasteiger partial charge in [-0.15, -0.1) is 0 Å². The van der Waals surface area contributed by atoms with Crippen molar-refractivity contribution in [1.29, 1.82) is 0 Å². The summed E-state index contributed by atoms with van der Waals surface area (Å²) in [6.07, 6.45) is 0. The van der Waals surface area contributed by atoms with Gasteiger partial charge in [-0.25, -0.2) is 0 Å². The van der Waals surface area contributed by atoms with Crippen molar-refractivity contribution in [2.45, 2.75) is 0 Å². The van der Waals surface area contributed by atoms with Gasteiger partial charge in [0.1, 0.15) is 0 Å². The molecular weight excluding hydrogens is 321 g/mol. The topological polar surface area (TPSA) is 29.1 Å². The molecule has 0 radical (unpaired) electrons. The van der Waals surface area contributed by atoms with Gasteiger partial charge < -0.3 is 5.32 Å². The second kappa shape index (κ2) is 4.76. The van der Waals surface area contributed by atoms with Crippen molar-refractivity contribution in [3.8, 4) is 0 Å². The molecule has 4 heteroatoms. The van der Waals surface area contributed by atoms with E-state index in [2.05, 4.69) is 27.9 Å². The Bertz CT molecular complexity index is 467. The predicted molar refractivity (Wildman–Crippen MR) is 71.4 cm³/mol. The van der Waals surface area contributed by atoms with Gasteiger partial charge in [0.25, 0.3) is 5.91 Å². The Kier molecular flexibility index (Phi) is 3.37. The van der Waals surface area contributed by atoms with E-state index in [1.807, 2.05) is 41.1 Å². The fourth-order valence-electron chi connectivity index (χ4n) is 1.18. The van der Waals surface area contributed by atoms with Gasteiger partial charge in [-0.05, 0) is 46.2 Å². The van der Waals surface area contributed by atoms with Gasteiger partial charge in [0, 0.05) is 8.95 Å². The first kappa shape index (κ1) is 10.6. The van der Waals surface area contributed by atoms with Crippen LogP contribution in [0.15, 0.2) is 41.1 Å². The van der Waals surface area contributed by atoms with Crippen molar-refractivity contribution >= 4 is 45.5 Å². The molecule has 0 saturated heterocycles. The Balaban J connectivity index is 2.19. The molecule has 2 nitrogen and oxygen atoms in total. The lowest BCUT2D eigenvalue weighted by Crippen LogP contribution is -2.12. The molecule has 0 fully saturated rings. The molecule has 0 atom stereocenters. The molecule has 2 aromatic rings. The first-order chi connectivity index (χ1) is 7.27. The molecule has 1 aromatic carbocycles. The van der Waals surface area contributed by atoms with Crippen molar-refractivity contribution in [3.63, 3.8) is 0 Å². The van der Waals surface area contributed by atoms with Gasteiger partial charge in [-0.2, -0.15) is 11.3 Å². The molecule has 2 rings (SSSR count). The standard InChI is InChI=1S/C11H8INOS/c12-10-4-2-1-3-9(10)11(14)13-8-5-6-15-7-8/h1-7H,(H,13,14). The number of carbonyl (C=O) groups is 1. The number of anilines is 1. The number of benzene rings is 1. The highest BCUT2D eigenvalue weighted by Gasteiger charge is 2.08. The maximum Gasteiger partial charge on any atom is 0.256 e. The molecule has 1 amide bonds. The molecule has 1 heterocycles. The SMILES string of the molecule is O=C(Nc1ccsc1)c1ccccc1I. The zero-order valence-corrected chi connectivity index (χ0v) is 10.7. The molecule has 0 saturated carbocycles. The van der Waals surface area contributed by atoms with E-state index in [4.69, 9.17) is 0 Å². The summed E-state index contributed by atoms with van der Waals surface area (Å²) in [5, 5.41) is 6.69. The van der Waals surface area contributed by atoms with Crippen LogP contribution in [0.4, 0.5) is 5.69 Å². The van der Waals surface area contributed by atoms with Gasteiger partial charge in [0.15, 0.2) is 0 Å². The van der Waals surface area contributed by atoms with Crippen molar-refractivity contribution in [2.75, 3.05) is 5.32 Å². The Labute approximate surface area is 105 Å². The lowest BCUT2D eigenvalue weighted by atomic mass is 10.2. The quantitative estimate of drug-likeness (QED) is 0.838. The second-order valence-electron chi connectivity index (χ2n) is 2.95. The van der Waals surface area contributed by atoms with Crippen LogP contribution in [0, 0.1) is 3.57 Å². The van der Waals surface area contributed by atoms with Crippen LogP contribution in [0.1, 0.15) is 10.4 Å². The van der Waals surface area contributed by atoms with E-state index in [1.54, 1.807) is 11.3 Å². The van der Waals surface area contributed by atoms with Crippen LogP contribution in [0.2, 0.25) is 0 Å². The maximum atomic E-state index is 11.8. The van der Waals surface area contributed by atoms with Crippen LogP contribution >= 0.6 is 33.9 Å². The molecule has 0 aliphatic carbocycles. The number of carbonyl (C=O) groups excluding carboxylic acids is 1. The normalized spacial score (nSPS) is 9.93. The van der Waals surface area contributed by atoms with E-state index in [0.29, 0.717) is 5.56 Å². The summed E-state index contributed by atoms with van der Waals surface area (Å²) in [5.41, 5.74) is 1.56. The molecule has 1 N–H and O–H groups in total. The summed E-state index contributed by atoms with van der Waals surface area (Å²) < 4.78 is 0.961. The van der Waals surface area contributed by atoms with Crippen molar-refractivity contribution in [1.82, 2.24) is 0 Å². The van der Waals surface area contributed by atoms with Crippen LogP contribution < -0.4 is 5.32 Å². The highest BCUT2D eigenvalue weighted by atomic mass is 127. The van der Waals surface area contributed by atoms with Crippen molar-refractivity contribution < 1.29 is 4.79 Å². The lowest BCUT2D eigenvalue weighted by Gasteiger charge is -2.04. The van der Waals surface area contributed by atoms with Crippen LogP contribution in [-0.2, 0) is 0 Å². The van der Waals surface area contributed by atoms with Crippen LogP contribution in [-0.4, -0.2) is 5.91 Å². The number of amides is 1. The summed E-state index contributed by atoms with van der Waals surface area (Å²) >= 11 is 3.72. The number of rotatable bonds is 2. The summed E-state index contributed by atoms with van der Waals surface area (Å²) in [6, 6.07) is 9.42. The Morgan fingerprint density at radius 3 is 2.73 bits per heavy atom. The van der Waals surface area contributed by atoms with E-state index in [-0.39, 0.29) is 5.91 Å². The molecule has 76 valence electrons. The van der Waals surface area contributed by atoms with Crippen molar-refractivity contribution in [2.24, 2.45) is 0 Å². The Morgan fingerprint density at radius 1 is 1.27 bits per heavy atom. The van der Waals surface area contributed by atoms with Gasteiger partial charge >= 0.3 is 0 Å². The summed E-state index contributed by atoms with van der Waals surface area (Å²) in [7, 11) is 0. The van der Waals surface area contributed by atoms with Crippen molar-refractivity contribution in [3.05, 3.63) is 50.2 Å². The number of hydrogen-bond acceptors (Lipinski definition) is 2. The third-order valence-corrected chi connectivity index (χ3v) is 3.52. The molecular formula is C11H8INOS. The monoisotopic (exact) mass is 329 g/mol. The number of thiophene rings is 1. The van der Waals surface area contributed by atoms with E-state index >= 15 is 0 Å².